The van der Waals surface area contributed by atoms with Gasteiger partial charge in [-0.2, -0.15) is 0 Å². The molecule has 0 saturated heterocycles. The Bertz CT molecular complexity index is 380. The molecule has 1 aromatic heterocycles. The van der Waals surface area contributed by atoms with Crippen LogP contribution in [0.15, 0.2) is 12.4 Å². The second kappa shape index (κ2) is 5.41. The topological polar surface area (TPSA) is 41.3 Å². The molecule has 4 nitrogen and oxygen atoms in total. The van der Waals surface area contributed by atoms with E-state index in [9.17, 15) is 5.11 Å². The number of aryl methyl sites for hydroxylation is 1. The molecule has 1 aliphatic rings. The molecule has 18 heavy (non-hydrogen) atoms. The van der Waals surface area contributed by atoms with E-state index in [4.69, 9.17) is 0 Å². The second-order valence-electron chi connectivity index (χ2n) is 5.59. The van der Waals surface area contributed by atoms with Crippen LogP contribution in [0.25, 0.3) is 0 Å². The Balaban J connectivity index is 2.28. The zero-order chi connectivity index (χ0) is 13.2. The molecule has 1 atom stereocenters. The fourth-order valence-corrected chi connectivity index (χ4v) is 3.19. The van der Waals surface area contributed by atoms with Gasteiger partial charge in [-0.1, -0.05) is 19.8 Å². The van der Waals surface area contributed by atoms with Crippen LogP contribution in [0.1, 0.15) is 51.0 Å². The van der Waals surface area contributed by atoms with E-state index in [2.05, 4.69) is 35.5 Å². The highest BCUT2D eigenvalue weighted by molar-refractivity contribution is 5.09. The summed E-state index contributed by atoms with van der Waals surface area (Å²) in [7, 11) is 4.14. The third-order valence-corrected chi connectivity index (χ3v) is 4.33. The van der Waals surface area contributed by atoms with Gasteiger partial charge in [0.15, 0.2) is 0 Å². The smallest absolute Gasteiger partial charge is 0.139 e. The van der Waals surface area contributed by atoms with E-state index in [1.165, 1.54) is 12.8 Å². The minimum atomic E-state index is -0.489. The maximum absolute atomic E-state index is 10.8. The first-order chi connectivity index (χ1) is 8.62. The Morgan fingerprint density at radius 1 is 1.44 bits per heavy atom. The molecule has 0 spiro atoms. The van der Waals surface area contributed by atoms with Crippen LogP contribution >= 0.6 is 0 Å². The number of aliphatic hydroxyl groups is 1. The average Bonchev–Trinajstić information content (AvgIpc) is 2.97. The van der Waals surface area contributed by atoms with Crippen molar-refractivity contribution in [2.45, 2.75) is 57.2 Å². The summed E-state index contributed by atoms with van der Waals surface area (Å²) in [6.45, 7) is 3.07. The van der Waals surface area contributed by atoms with Crippen molar-refractivity contribution in [2.24, 2.45) is 0 Å². The summed E-state index contributed by atoms with van der Waals surface area (Å²) in [5.41, 5.74) is -0.128. The van der Waals surface area contributed by atoms with Crippen LogP contribution in [-0.4, -0.2) is 39.2 Å². The number of hydrogen-bond donors (Lipinski definition) is 1. The van der Waals surface area contributed by atoms with Gasteiger partial charge >= 0.3 is 0 Å². The average molecular weight is 251 g/mol. The molecule has 1 fully saturated rings. The van der Waals surface area contributed by atoms with Crippen molar-refractivity contribution in [3.8, 4) is 0 Å². The zero-order valence-electron chi connectivity index (χ0n) is 11.8. The Morgan fingerprint density at radius 3 is 2.67 bits per heavy atom. The normalized spacial score (nSPS) is 20.5. The van der Waals surface area contributed by atoms with Crippen LogP contribution in [0, 0.1) is 0 Å². The Hall–Kier alpha value is -0.870. The molecule has 1 unspecified atom stereocenters. The first-order valence-corrected chi connectivity index (χ1v) is 6.98. The van der Waals surface area contributed by atoms with Gasteiger partial charge < -0.3 is 14.6 Å². The monoisotopic (exact) mass is 251 g/mol. The van der Waals surface area contributed by atoms with Crippen molar-refractivity contribution in [2.75, 3.05) is 14.1 Å². The van der Waals surface area contributed by atoms with Gasteiger partial charge in [-0.15, -0.1) is 0 Å². The summed E-state index contributed by atoms with van der Waals surface area (Å²) >= 11 is 0. The van der Waals surface area contributed by atoms with Gasteiger partial charge in [0.05, 0.1) is 5.54 Å². The van der Waals surface area contributed by atoms with Crippen LogP contribution in [0.2, 0.25) is 0 Å². The summed E-state index contributed by atoms with van der Waals surface area (Å²) < 4.78 is 2.09. The molecular weight excluding hydrogens is 226 g/mol. The Morgan fingerprint density at radius 2 is 2.11 bits per heavy atom. The highest BCUT2D eigenvalue weighted by Gasteiger charge is 2.44. The maximum atomic E-state index is 10.8. The third kappa shape index (κ3) is 2.19. The highest BCUT2D eigenvalue weighted by atomic mass is 16.3. The number of nitrogens with zero attached hydrogens (tertiary/aromatic N) is 3. The van der Waals surface area contributed by atoms with E-state index in [0.29, 0.717) is 0 Å². The summed E-state index contributed by atoms with van der Waals surface area (Å²) in [5.74, 6) is 0.826. The second-order valence-corrected chi connectivity index (χ2v) is 5.59. The fourth-order valence-electron chi connectivity index (χ4n) is 3.19. The van der Waals surface area contributed by atoms with E-state index >= 15 is 0 Å². The van der Waals surface area contributed by atoms with Crippen LogP contribution in [0.5, 0.6) is 0 Å². The van der Waals surface area contributed by atoms with Crippen molar-refractivity contribution < 1.29 is 5.11 Å². The number of imidazole rings is 1. The predicted octanol–water partition coefficient (Wildman–Crippen LogP) is 2.20. The first-order valence-electron chi connectivity index (χ1n) is 6.98. The molecule has 1 aromatic rings. The highest BCUT2D eigenvalue weighted by Crippen LogP contribution is 2.42. The van der Waals surface area contributed by atoms with E-state index in [1.807, 2.05) is 6.20 Å². The van der Waals surface area contributed by atoms with Crippen molar-refractivity contribution in [3.63, 3.8) is 0 Å². The molecule has 0 aliphatic heterocycles. The first kappa shape index (κ1) is 13.6. The van der Waals surface area contributed by atoms with Crippen molar-refractivity contribution in [1.82, 2.24) is 14.5 Å². The van der Waals surface area contributed by atoms with E-state index < -0.39 is 6.10 Å². The van der Waals surface area contributed by atoms with E-state index in [0.717, 1.165) is 31.6 Å². The number of likely N-dealkylation sites (N-methyl/N-ethyl adjacent to an activating group) is 1. The van der Waals surface area contributed by atoms with Gasteiger partial charge in [0.2, 0.25) is 0 Å². The quantitative estimate of drug-likeness (QED) is 0.872. The van der Waals surface area contributed by atoms with E-state index in [1.54, 1.807) is 6.20 Å². The van der Waals surface area contributed by atoms with Crippen LogP contribution in [0.4, 0.5) is 0 Å². The molecule has 102 valence electrons. The summed E-state index contributed by atoms with van der Waals surface area (Å²) in [6.07, 6.45) is 8.85. The molecule has 1 heterocycles. The van der Waals surface area contributed by atoms with Gasteiger partial charge in [0, 0.05) is 18.9 Å². The number of aromatic nitrogens is 2. The Kier molecular flexibility index (Phi) is 4.07. The largest absolute Gasteiger partial charge is 0.383 e. The lowest BCUT2D eigenvalue weighted by molar-refractivity contribution is -0.0120. The molecule has 1 aliphatic carbocycles. The standard InChI is InChI=1S/C14H25N3O/c1-4-10-17-11-9-15-13(17)12(18)14(16(2)3)7-5-6-8-14/h9,11-12,18H,4-8,10H2,1-3H3. The van der Waals surface area contributed by atoms with E-state index in [-0.39, 0.29) is 5.54 Å². The molecule has 1 N–H and O–H groups in total. The van der Waals surface area contributed by atoms with Crippen molar-refractivity contribution in [1.29, 1.82) is 0 Å². The fraction of sp³-hybridized carbons (Fsp3) is 0.786. The molecular formula is C14H25N3O. The minimum Gasteiger partial charge on any atom is -0.383 e. The number of hydrogen-bond acceptors (Lipinski definition) is 3. The molecule has 0 aromatic carbocycles. The van der Waals surface area contributed by atoms with Crippen molar-refractivity contribution >= 4 is 0 Å². The van der Waals surface area contributed by atoms with Crippen LogP contribution in [-0.2, 0) is 6.54 Å². The van der Waals surface area contributed by atoms with Gasteiger partial charge in [0.1, 0.15) is 11.9 Å². The van der Waals surface area contributed by atoms with Gasteiger partial charge in [-0.05, 0) is 33.4 Å². The SMILES string of the molecule is CCCn1ccnc1C(O)C1(N(C)C)CCCC1. The Labute approximate surface area is 110 Å². The van der Waals surface area contributed by atoms with Crippen LogP contribution in [0.3, 0.4) is 0 Å². The molecule has 4 heteroatoms. The lowest BCUT2D eigenvalue weighted by Gasteiger charge is -2.40. The molecule has 2 rings (SSSR count). The molecule has 1 saturated carbocycles. The molecule has 0 amide bonds. The lowest BCUT2D eigenvalue weighted by atomic mass is 9.88. The summed E-state index contributed by atoms with van der Waals surface area (Å²) in [5, 5.41) is 10.8. The predicted molar refractivity (Wildman–Crippen MR) is 72.4 cm³/mol. The van der Waals surface area contributed by atoms with Crippen molar-refractivity contribution in [3.05, 3.63) is 18.2 Å². The summed E-state index contributed by atoms with van der Waals surface area (Å²) in [4.78, 5) is 6.58. The van der Waals surface area contributed by atoms with Gasteiger partial charge in [0.25, 0.3) is 0 Å². The molecule has 0 bridgehead atoms. The zero-order valence-corrected chi connectivity index (χ0v) is 11.8. The number of rotatable bonds is 5. The lowest BCUT2D eigenvalue weighted by Crippen LogP contribution is -2.47. The molecule has 0 radical (unpaired) electrons. The summed E-state index contributed by atoms with van der Waals surface area (Å²) in [6, 6.07) is 0. The van der Waals surface area contributed by atoms with Gasteiger partial charge in [-0.25, -0.2) is 4.98 Å². The number of aliphatic hydroxyl groups excluding tert-OH is 1. The third-order valence-electron chi connectivity index (χ3n) is 4.33. The minimum absolute atomic E-state index is 0.128. The van der Waals surface area contributed by atoms with Crippen LogP contribution < -0.4 is 0 Å². The van der Waals surface area contributed by atoms with Gasteiger partial charge in [-0.3, -0.25) is 0 Å². The maximum Gasteiger partial charge on any atom is 0.139 e.